The topological polar surface area (TPSA) is 55.2 Å². The van der Waals surface area contributed by atoms with Crippen LogP contribution in [0, 0.1) is 5.92 Å². The van der Waals surface area contributed by atoms with Gasteiger partial charge in [0.1, 0.15) is 4.83 Å². The molecule has 1 aliphatic carbocycles. The number of hydrogen-bond donors (Lipinski definition) is 0. The standard InChI is InChI=1S/C25H29N3O2S2/c1-17-7-6-13-27(15-17)21(29)16-31-25-26-23-22(19-10-5-11-20(19)32-23)24(30)28(25)14-12-18-8-3-2-4-9-18/h2-4,8-9,17H,5-7,10-16H2,1H3. The Morgan fingerprint density at radius 2 is 2.06 bits per heavy atom. The van der Waals surface area contributed by atoms with E-state index in [1.807, 2.05) is 27.7 Å². The maximum absolute atomic E-state index is 13.6. The maximum Gasteiger partial charge on any atom is 0.263 e. The number of aryl methyl sites for hydroxylation is 3. The summed E-state index contributed by atoms with van der Waals surface area (Å²) in [5.74, 6) is 1.05. The van der Waals surface area contributed by atoms with Gasteiger partial charge in [0.2, 0.25) is 5.91 Å². The normalized spacial score (nSPS) is 18.3. The third-order valence-electron chi connectivity index (χ3n) is 6.59. The lowest BCUT2D eigenvalue weighted by Crippen LogP contribution is -2.40. The van der Waals surface area contributed by atoms with Crippen molar-refractivity contribution in [3.63, 3.8) is 0 Å². The largest absolute Gasteiger partial charge is 0.342 e. The molecule has 168 valence electrons. The summed E-state index contributed by atoms with van der Waals surface area (Å²) in [6.07, 6.45) is 6.18. The van der Waals surface area contributed by atoms with E-state index in [1.165, 1.54) is 34.2 Å². The number of nitrogens with zero attached hydrogens (tertiary/aromatic N) is 3. The first kappa shape index (κ1) is 21.7. The molecule has 5 rings (SSSR count). The fourth-order valence-corrected chi connectivity index (χ4v) is 7.12. The molecule has 1 aliphatic heterocycles. The quantitative estimate of drug-likeness (QED) is 0.395. The van der Waals surface area contributed by atoms with Crippen molar-refractivity contribution in [1.29, 1.82) is 0 Å². The van der Waals surface area contributed by atoms with E-state index >= 15 is 0 Å². The van der Waals surface area contributed by atoms with Gasteiger partial charge in [0.15, 0.2) is 5.16 Å². The third kappa shape index (κ3) is 4.37. The second-order valence-corrected chi connectivity index (χ2v) is 11.0. The lowest BCUT2D eigenvalue weighted by atomic mass is 10.0. The summed E-state index contributed by atoms with van der Waals surface area (Å²) in [5, 5.41) is 1.49. The van der Waals surface area contributed by atoms with Gasteiger partial charge in [-0.2, -0.15) is 0 Å². The molecule has 0 spiro atoms. The fourth-order valence-electron chi connectivity index (χ4n) is 4.88. The first-order valence-corrected chi connectivity index (χ1v) is 13.4. The highest BCUT2D eigenvalue weighted by atomic mass is 32.2. The Balaban J connectivity index is 1.43. The molecule has 1 aromatic carbocycles. The number of rotatable bonds is 6. The Morgan fingerprint density at radius 1 is 1.22 bits per heavy atom. The molecule has 1 atom stereocenters. The van der Waals surface area contributed by atoms with Crippen LogP contribution in [-0.2, 0) is 30.6 Å². The van der Waals surface area contributed by atoms with Crippen molar-refractivity contribution in [1.82, 2.24) is 14.5 Å². The Labute approximate surface area is 196 Å². The van der Waals surface area contributed by atoms with Crippen LogP contribution in [0.3, 0.4) is 0 Å². The number of amides is 1. The van der Waals surface area contributed by atoms with Gasteiger partial charge in [-0.25, -0.2) is 4.98 Å². The molecule has 7 heteroatoms. The Hall–Kier alpha value is -2.12. The first-order chi connectivity index (χ1) is 15.6. The smallest absolute Gasteiger partial charge is 0.263 e. The summed E-state index contributed by atoms with van der Waals surface area (Å²) in [4.78, 5) is 35.5. The molecule has 0 bridgehead atoms. The zero-order valence-corrected chi connectivity index (χ0v) is 20.1. The summed E-state index contributed by atoms with van der Waals surface area (Å²) < 4.78 is 1.82. The van der Waals surface area contributed by atoms with Gasteiger partial charge in [0.05, 0.1) is 11.1 Å². The van der Waals surface area contributed by atoms with Gasteiger partial charge < -0.3 is 4.90 Å². The molecule has 32 heavy (non-hydrogen) atoms. The number of benzene rings is 1. The third-order valence-corrected chi connectivity index (χ3v) is 8.74. The van der Waals surface area contributed by atoms with Crippen LogP contribution in [0.2, 0.25) is 0 Å². The molecule has 1 fully saturated rings. The van der Waals surface area contributed by atoms with E-state index in [4.69, 9.17) is 4.98 Å². The average Bonchev–Trinajstić information content (AvgIpc) is 3.38. The second-order valence-electron chi connectivity index (χ2n) is 9.00. The summed E-state index contributed by atoms with van der Waals surface area (Å²) >= 11 is 3.09. The van der Waals surface area contributed by atoms with Gasteiger partial charge >= 0.3 is 0 Å². The minimum Gasteiger partial charge on any atom is -0.342 e. The van der Waals surface area contributed by atoms with Gasteiger partial charge in [-0.3, -0.25) is 14.2 Å². The second kappa shape index (κ2) is 9.40. The van der Waals surface area contributed by atoms with E-state index in [0.29, 0.717) is 23.4 Å². The van der Waals surface area contributed by atoms with Crippen LogP contribution in [-0.4, -0.2) is 39.2 Å². The van der Waals surface area contributed by atoms with Crippen molar-refractivity contribution >= 4 is 39.2 Å². The highest BCUT2D eigenvalue weighted by molar-refractivity contribution is 7.99. The molecule has 3 aromatic rings. The van der Waals surface area contributed by atoms with Gasteiger partial charge in [0, 0.05) is 24.5 Å². The molecule has 0 radical (unpaired) electrons. The van der Waals surface area contributed by atoms with Crippen LogP contribution < -0.4 is 5.56 Å². The molecular formula is C25H29N3O2S2. The Morgan fingerprint density at radius 3 is 2.88 bits per heavy atom. The zero-order chi connectivity index (χ0) is 22.1. The predicted octanol–water partition coefficient (Wildman–Crippen LogP) is 4.54. The van der Waals surface area contributed by atoms with Crippen LogP contribution in [0.5, 0.6) is 0 Å². The SMILES string of the molecule is CC1CCCN(C(=O)CSc2nc3sc4c(c3c(=O)n2CCc2ccccc2)CCC4)C1. The number of piperidine rings is 1. The van der Waals surface area contributed by atoms with Crippen molar-refractivity contribution in [3.05, 3.63) is 56.7 Å². The molecule has 0 N–H and O–H groups in total. The van der Waals surface area contributed by atoms with Crippen LogP contribution >= 0.6 is 23.1 Å². The van der Waals surface area contributed by atoms with Crippen molar-refractivity contribution in [2.45, 2.75) is 57.1 Å². The molecule has 1 saturated heterocycles. The van der Waals surface area contributed by atoms with E-state index in [2.05, 4.69) is 19.1 Å². The Kier molecular flexibility index (Phi) is 6.37. The maximum atomic E-state index is 13.6. The molecule has 0 saturated carbocycles. The first-order valence-electron chi connectivity index (χ1n) is 11.6. The van der Waals surface area contributed by atoms with Gasteiger partial charge in [-0.1, -0.05) is 49.0 Å². The van der Waals surface area contributed by atoms with Gasteiger partial charge in [-0.05, 0) is 55.6 Å². The molecular weight excluding hydrogens is 438 g/mol. The highest BCUT2D eigenvalue weighted by Crippen LogP contribution is 2.35. The number of thioether (sulfide) groups is 1. The molecule has 1 unspecified atom stereocenters. The van der Waals surface area contributed by atoms with E-state index in [0.717, 1.165) is 55.4 Å². The van der Waals surface area contributed by atoms with Crippen molar-refractivity contribution < 1.29 is 4.79 Å². The number of aromatic nitrogens is 2. The van der Waals surface area contributed by atoms with Crippen molar-refractivity contribution in [2.75, 3.05) is 18.8 Å². The van der Waals surface area contributed by atoms with E-state index in [1.54, 1.807) is 11.3 Å². The summed E-state index contributed by atoms with van der Waals surface area (Å²) in [6, 6.07) is 10.2. The number of thiophene rings is 1. The zero-order valence-electron chi connectivity index (χ0n) is 18.5. The monoisotopic (exact) mass is 467 g/mol. The van der Waals surface area contributed by atoms with Crippen LogP contribution in [0.1, 0.15) is 42.2 Å². The highest BCUT2D eigenvalue weighted by Gasteiger charge is 2.25. The number of carbonyl (C=O) groups excluding carboxylic acids is 1. The van der Waals surface area contributed by atoms with Crippen molar-refractivity contribution in [2.24, 2.45) is 5.92 Å². The van der Waals surface area contributed by atoms with E-state index < -0.39 is 0 Å². The summed E-state index contributed by atoms with van der Waals surface area (Å²) in [5.41, 5.74) is 2.47. The molecule has 1 amide bonds. The number of hydrogen-bond acceptors (Lipinski definition) is 5. The Bertz CT molecular complexity index is 1190. The summed E-state index contributed by atoms with van der Waals surface area (Å²) in [7, 11) is 0. The number of carbonyl (C=O) groups is 1. The van der Waals surface area contributed by atoms with Gasteiger partial charge in [0.25, 0.3) is 5.56 Å². The van der Waals surface area contributed by atoms with E-state index in [9.17, 15) is 9.59 Å². The molecule has 5 nitrogen and oxygen atoms in total. The van der Waals surface area contributed by atoms with Crippen molar-refractivity contribution in [3.8, 4) is 0 Å². The van der Waals surface area contributed by atoms with Crippen LogP contribution in [0.25, 0.3) is 10.2 Å². The minimum atomic E-state index is 0.0619. The van der Waals surface area contributed by atoms with Crippen LogP contribution in [0.4, 0.5) is 0 Å². The van der Waals surface area contributed by atoms with Crippen LogP contribution in [0.15, 0.2) is 40.3 Å². The van der Waals surface area contributed by atoms with Gasteiger partial charge in [-0.15, -0.1) is 11.3 Å². The lowest BCUT2D eigenvalue weighted by Gasteiger charge is -2.30. The van der Waals surface area contributed by atoms with E-state index in [-0.39, 0.29) is 11.5 Å². The minimum absolute atomic E-state index is 0.0619. The fraction of sp³-hybridized carbons (Fsp3) is 0.480. The molecule has 2 aliphatic rings. The molecule has 3 heterocycles. The number of fused-ring (bicyclic) bond motifs is 3. The lowest BCUT2D eigenvalue weighted by molar-refractivity contribution is -0.130. The molecule has 2 aromatic heterocycles. The number of likely N-dealkylation sites (tertiary alicyclic amines) is 1. The predicted molar refractivity (Wildman–Crippen MR) is 132 cm³/mol. The summed E-state index contributed by atoms with van der Waals surface area (Å²) in [6.45, 7) is 4.46. The average molecular weight is 468 g/mol.